The maximum absolute atomic E-state index is 12.5. The van der Waals surface area contributed by atoms with Crippen LogP contribution in [-0.4, -0.2) is 10.1 Å². The average Bonchev–Trinajstić information content (AvgIpc) is 2.38. The normalized spacial score (nSPS) is 11.4. The number of alkyl halides is 3. The average molecular weight is 269 g/mol. The molecular formula is C13H10F3NO2. The first kappa shape index (κ1) is 13.4. The van der Waals surface area contributed by atoms with Crippen LogP contribution >= 0.6 is 0 Å². The molecule has 0 saturated carbocycles. The highest BCUT2D eigenvalue weighted by Gasteiger charge is 2.30. The first-order chi connectivity index (χ1) is 8.99. The molecule has 0 unspecified atom stereocenters. The zero-order valence-electron chi connectivity index (χ0n) is 9.69. The quantitative estimate of drug-likeness (QED) is 0.928. The van der Waals surface area contributed by atoms with Crippen molar-refractivity contribution >= 4 is 0 Å². The van der Waals surface area contributed by atoms with E-state index in [1.165, 1.54) is 24.4 Å². The number of rotatable bonds is 3. The van der Waals surface area contributed by atoms with Crippen molar-refractivity contribution in [1.29, 1.82) is 0 Å². The van der Waals surface area contributed by atoms with E-state index in [0.717, 1.165) is 12.1 Å². The summed E-state index contributed by atoms with van der Waals surface area (Å²) in [5.74, 6) is 0.170. The van der Waals surface area contributed by atoms with Crippen LogP contribution in [0.4, 0.5) is 13.2 Å². The molecule has 2 rings (SSSR count). The standard InChI is InChI=1S/C13H10F3NO2/c14-13(15,16)10-2-1-3-11(7-10)19-12-6-9(8-18)4-5-17-12/h1-7,18H,8H2. The van der Waals surface area contributed by atoms with E-state index in [1.807, 2.05) is 0 Å². The fourth-order valence-corrected chi connectivity index (χ4v) is 1.46. The van der Waals surface area contributed by atoms with Gasteiger partial charge in [0.2, 0.25) is 5.88 Å². The third-order valence-electron chi connectivity index (χ3n) is 2.37. The number of benzene rings is 1. The van der Waals surface area contributed by atoms with Gasteiger partial charge in [0.1, 0.15) is 5.75 Å². The number of aromatic nitrogens is 1. The maximum atomic E-state index is 12.5. The Bertz CT molecular complexity index is 570. The van der Waals surface area contributed by atoms with Crippen LogP contribution in [0.2, 0.25) is 0 Å². The minimum absolute atomic E-state index is 0.0393. The first-order valence-corrected chi connectivity index (χ1v) is 5.40. The second kappa shape index (κ2) is 5.27. The number of pyridine rings is 1. The third-order valence-corrected chi connectivity index (χ3v) is 2.37. The summed E-state index contributed by atoms with van der Waals surface area (Å²) in [6.07, 6.45) is -3.01. The van der Waals surface area contributed by atoms with E-state index in [0.29, 0.717) is 5.56 Å². The zero-order chi connectivity index (χ0) is 13.9. The van der Waals surface area contributed by atoms with Crippen molar-refractivity contribution in [3.8, 4) is 11.6 Å². The summed E-state index contributed by atoms with van der Waals surface area (Å²) in [7, 11) is 0. The molecule has 0 saturated heterocycles. The molecule has 0 fully saturated rings. The van der Waals surface area contributed by atoms with E-state index in [2.05, 4.69) is 4.98 Å². The van der Waals surface area contributed by atoms with Crippen molar-refractivity contribution < 1.29 is 23.0 Å². The highest BCUT2D eigenvalue weighted by atomic mass is 19.4. The molecule has 0 aliphatic carbocycles. The molecule has 0 aliphatic heterocycles. The number of nitrogens with zero attached hydrogens (tertiary/aromatic N) is 1. The van der Waals surface area contributed by atoms with Crippen LogP contribution in [0, 0.1) is 0 Å². The number of hydrogen-bond acceptors (Lipinski definition) is 3. The van der Waals surface area contributed by atoms with Crippen LogP contribution in [0.25, 0.3) is 0 Å². The van der Waals surface area contributed by atoms with E-state index in [-0.39, 0.29) is 18.2 Å². The zero-order valence-corrected chi connectivity index (χ0v) is 9.69. The van der Waals surface area contributed by atoms with Crippen LogP contribution in [0.3, 0.4) is 0 Å². The molecule has 0 amide bonds. The van der Waals surface area contributed by atoms with E-state index < -0.39 is 11.7 Å². The van der Waals surface area contributed by atoms with Crippen molar-refractivity contribution in [2.24, 2.45) is 0 Å². The van der Waals surface area contributed by atoms with E-state index in [1.54, 1.807) is 6.07 Å². The third kappa shape index (κ3) is 3.45. The molecule has 6 heteroatoms. The van der Waals surface area contributed by atoms with E-state index in [9.17, 15) is 13.2 Å². The van der Waals surface area contributed by atoms with Crippen LogP contribution in [0.15, 0.2) is 42.6 Å². The van der Waals surface area contributed by atoms with Gasteiger partial charge < -0.3 is 9.84 Å². The SMILES string of the molecule is OCc1ccnc(Oc2cccc(C(F)(F)F)c2)c1. The minimum Gasteiger partial charge on any atom is -0.439 e. The largest absolute Gasteiger partial charge is 0.439 e. The lowest BCUT2D eigenvalue weighted by Gasteiger charge is -2.09. The van der Waals surface area contributed by atoms with Gasteiger partial charge in [-0.2, -0.15) is 13.2 Å². The van der Waals surface area contributed by atoms with Gasteiger partial charge in [-0.3, -0.25) is 0 Å². The van der Waals surface area contributed by atoms with Gasteiger partial charge in [0.25, 0.3) is 0 Å². The number of aliphatic hydroxyl groups excluding tert-OH is 1. The molecule has 3 nitrogen and oxygen atoms in total. The van der Waals surface area contributed by atoms with Gasteiger partial charge >= 0.3 is 6.18 Å². The van der Waals surface area contributed by atoms with Crippen molar-refractivity contribution in [1.82, 2.24) is 4.98 Å². The minimum atomic E-state index is -4.42. The second-order valence-electron chi connectivity index (χ2n) is 3.79. The van der Waals surface area contributed by atoms with Gasteiger partial charge in [-0.1, -0.05) is 6.07 Å². The lowest BCUT2D eigenvalue weighted by atomic mass is 10.2. The fraction of sp³-hybridized carbons (Fsp3) is 0.154. The van der Waals surface area contributed by atoms with E-state index >= 15 is 0 Å². The molecule has 19 heavy (non-hydrogen) atoms. The van der Waals surface area contributed by atoms with Crippen molar-refractivity contribution in [2.45, 2.75) is 12.8 Å². The Morgan fingerprint density at radius 3 is 2.63 bits per heavy atom. The predicted octanol–water partition coefficient (Wildman–Crippen LogP) is 3.39. The maximum Gasteiger partial charge on any atom is 0.416 e. The van der Waals surface area contributed by atoms with Crippen LogP contribution in [0.5, 0.6) is 11.6 Å². The Labute approximate surface area is 107 Å². The predicted molar refractivity (Wildman–Crippen MR) is 61.7 cm³/mol. The number of ether oxygens (including phenoxy) is 1. The highest BCUT2D eigenvalue weighted by molar-refractivity contribution is 5.33. The molecule has 1 aromatic carbocycles. The molecule has 1 heterocycles. The summed E-state index contributed by atoms with van der Waals surface area (Å²) in [6, 6.07) is 7.56. The van der Waals surface area contributed by atoms with Crippen molar-refractivity contribution in [3.05, 3.63) is 53.7 Å². The van der Waals surface area contributed by atoms with Gasteiger partial charge in [0.15, 0.2) is 0 Å². The second-order valence-corrected chi connectivity index (χ2v) is 3.79. The molecule has 0 radical (unpaired) electrons. The number of hydrogen-bond donors (Lipinski definition) is 1. The summed E-state index contributed by atoms with van der Waals surface area (Å²) in [6.45, 7) is -0.193. The van der Waals surface area contributed by atoms with Gasteiger partial charge in [-0.25, -0.2) is 4.98 Å². The summed E-state index contributed by atoms with van der Waals surface area (Å²) in [5.41, 5.74) is -0.222. The fourth-order valence-electron chi connectivity index (χ4n) is 1.46. The highest BCUT2D eigenvalue weighted by Crippen LogP contribution is 2.32. The molecule has 0 bridgehead atoms. The monoisotopic (exact) mass is 269 g/mol. The summed E-state index contributed by atoms with van der Waals surface area (Å²) < 4.78 is 42.8. The van der Waals surface area contributed by atoms with Crippen LogP contribution in [-0.2, 0) is 12.8 Å². The van der Waals surface area contributed by atoms with Crippen molar-refractivity contribution in [2.75, 3.05) is 0 Å². The Hall–Kier alpha value is -2.08. The molecule has 0 aliphatic rings. The van der Waals surface area contributed by atoms with Gasteiger partial charge in [0, 0.05) is 12.3 Å². The number of halogens is 3. The van der Waals surface area contributed by atoms with Gasteiger partial charge in [0.05, 0.1) is 12.2 Å². The molecule has 2 aromatic rings. The molecule has 0 atom stereocenters. The molecule has 100 valence electrons. The smallest absolute Gasteiger partial charge is 0.416 e. The summed E-state index contributed by atoms with van der Waals surface area (Å²) in [5, 5.41) is 8.95. The Balaban J connectivity index is 2.23. The summed E-state index contributed by atoms with van der Waals surface area (Å²) in [4.78, 5) is 3.86. The first-order valence-electron chi connectivity index (χ1n) is 5.40. The Morgan fingerprint density at radius 1 is 1.16 bits per heavy atom. The van der Waals surface area contributed by atoms with Gasteiger partial charge in [-0.15, -0.1) is 0 Å². The Kier molecular flexibility index (Phi) is 3.71. The molecule has 0 spiro atoms. The Morgan fingerprint density at radius 2 is 1.95 bits per heavy atom. The lowest BCUT2D eigenvalue weighted by molar-refractivity contribution is -0.137. The lowest BCUT2D eigenvalue weighted by Crippen LogP contribution is -2.04. The van der Waals surface area contributed by atoms with E-state index in [4.69, 9.17) is 9.84 Å². The van der Waals surface area contributed by atoms with Crippen LogP contribution in [0.1, 0.15) is 11.1 Å². The molecule has 1 N–H and O–H groups in total. The topological polar surface area (TPSA) is 42.4 Å². The number of aliphatic hydroxyl groups is 1. The molecular weight excluding hydrogens is 259 g/mol. The molecule has 1 aromatic heterocycles. The summed E-state index contributed by atoms with van der Waals surface area (Å²) >= 11 is 0. The van der Waals surface area contributed by atoms with Crippen LogP contribution < -0.4 is 4.74 Å². The van der Waals surface area contributed by atoms with Crippen molar-refractivity contribution in [3.63, 3.8) is 0 Å². The van der Waals surface area contributed by atoms with Gasteiger partial charge in [-0.05, 0) is 29.8 Å².